The average Bonchev–Trinajstić information content (AvgIpc) is 2.47. The van der Waals surface area contributed by atoms with Gasteiger partial charge < -0.3 is 9.72 Å². The Labute approximate surface area is 108 Å². The van der Waals surface area contributed by atoms with E-state index in [2.05, 4.69) is 15.0 Å². The third kappa shape index (κ3) is 1.95. The number of fused-ring (bicyclic) bond motifs is 1. The molecule has 3 rings (SSSR count). The number of ether oxygens (including phenoxy) is 1. The van der Waals surface area contributed by atoms with E-state index in [4.69, 9.17) is 4.74 Å². The van der Waals surface area contributed by atoms with Crippen molar-refractivity contribution >= 4 is 10.9 Å². The monoisotopic (exact) mass is 253 g/mol. The molecule has 0 amide bonds. The van der Waals surface area contributed by atoms with Crippen LogP contribution in [0.4, 0.5) is 0 Å². The van der Waals surface area contributed by atoms with Gasteiger partial charge in [0, 0.05) is 18.0 Å². The molecule has 0 saturated heterocycles. The molecule has 0 atom stereocenters. The molecular formula is C14H11N3O2. The Bertz CT molecular complexity index is 782. The molecule has 2 heterocycles. The third-order valence-electron chi connectivity index (χ3n) is 2.85. The van der Waals surface area contributed by atoms with Crippen LogP contribution in [0.15, 0.2) is 47.5 Å². The summed E-state index contributed by atoms with van der Waals surface area (Å²) in [6.07, 6.45) is 3.33. The van der Waals surface area contributed by atoms with Crippen molar-refractivity contribution in [2.75, 3.05) is 7.11 Å². The Morgan fingerprint density at radius 3 is 2.84 bits per heavy atom. The number of methoxy groups -OCH3 is 1. The highest BCUT2D eigenvalue weighted by Gasteiger charge is 2.09. The second kappa shape index (κ2) is 4.53. The van der Waals surface area contributed by atoms with E-state index >= 15 is 0 Å². The number of aromatic nitrogens is 3. The first kappa shape index (κ1) is 11.4. The largest absolute Gasteiger partial charge is 0.496 e. The van der Waals surface area contributed by atoms with Gasteiger partial charge in [-0.05, 0) is 24.3 Å². The van der Waals surface area contributed by atoms with Gasteiger partial charge in [0.1, 0.15) is 17.0 Å². The predicted molar refractivity (Wildman–Crippen MR) is 72.1 cm³/mol. The minimum atomic E-state index is -0.221. The lowest BCUT2D eigenvalue weighted by molar-refractivity contribution is 0.419. The molecule has 0 aliphatic carbocycles. The van der Waals surface area contributed by atoms with Gasteiger partial charge in [-0.25, -0.2) is 4.98 Å². The van der Waals surface area contributed by atoms with Gasteiger partial charge in [0.15, 0.2) is 0 Å². The standard InChI is InChI=1S/C14H11N3O2/c1-19-11-6-2-5-10-12(11)14(18)17-13(16-10)9-4-3-7-15-8-9/h2-8H,1H3,(H,16,17,18). The van der Waals surface area contributed by atoms with Gasteiger partial charge in [-0.1, -0.05) is 6.07 Å². The van der Waals surface area contributed by atoms with Gasteiger partial charge in [-0.15, -0.1) is 0 Å². The Morgan fingerprint density at radius 2 is 2.11 bits per heavy atom. The summed E-state index contributed by atoms with van der Waals surface area (Å²) < 4.78 is 5.18. The second-order valence-electron chi connectivity index (χ2n) is 4.01. The van der Waals surface area contributed by atoms with Gasteiger partial charge in [0.05, 0.1) is 12.6 Å². The van der Waals surface area contributed by atoms with E-state index in [1.54, 1.807) is 36.7 Å². The highest BCUT2D eigenvalue weighted by Crippen LogP contribution is 2.22. The molecule has 3 aromatic rings. The fourth-order valence-electron chi connectivity index (χ4n) is 1.97. The van der Waals surface area contributed by atoms with Crippen LogP contribution in [-0.4, -0.2) is 22.1 Å². The number of hydrogen-bond donors (Lipinski definition) is 1. The molecule has 0 radical (unpaired) electrons. The topological polar surface area (TPSA) is 67.9 Å². The summed E-state index contributed by atoms with van der Waals surface area (Å²) in [6, 6.07) is 8.97. The van der Waals surface area contributed by atoms with Crippen LogP contribution >= 0.6 is 0 Å². The SMILES string of the molecule is COc1cccc2nc(-c3cccnc3)[nH]c(=O)c12. The van der Waals surface area contributed by atoms with Crippen molar-refractivity contribution in [2.24, 2.45) is 0 Å². The highest BCUT2D eigenvalue weighted by molar-refractivity contribution is 5.85. The minimum Gasteiger partial charge on any atom is -0.496 e. The number of nitrogens with one attached hydrogen (secondary N) is 1. The molecule has 2 aromatic heterocycles. The maximum Gasteiger partial charge on any atom is 0.262 e. The molecule has 0 bridgehead atoms. The fourth-order valence-corrected chi connectivity index (χ4v) is 1.97. The molecule has 1 aromatic carbocycles. The van der Waals surface area contributed by atoms with Crippen molar-refractivity contribution in [3.63, 3.8) is 0 Å². The first-order valence-electron chi connectivity index (χ1n) is 5.77. The molecule has 19 heavy (non-hydrogen) atoms. The predicted octanol–water partition coefficient (Wildman–Crippen LogP) is 1.99. The number of nitrogens with zero attached hydrogens (tertiary/aromatic N) is 2. The van der Waals surface area contributed by atoms with Crippen LogP contribution in [0.3, 0.4) is 0 Å². The van der Waals surface area contributed by atoms with Crippen molar-refractivity contribution in [3.05, 3.63) is 53.1 Å². The van der Waals surface area contributed by atoms with E-state index in [1.807, 2.05) is 6.07 Å². The molecule has 5 nitrogen and oxygen atoms in total. The van der Waals surface area contributed by atoms with Crippen molar-refractivity contribution in [1.82, 2.24) is 15.0 Å². The van der Waals surface area contributed by atoms with Crippen LogP contribution < -0.4 is 10.3 Å². The van der Waals surface area contributed by atoms with Crippen molar-refractivity contribution in [3.8, 4) is 17.1 Å². The molecule has 0 fully saturated rings. The van der Waals surface area contributed by atoms with Gasteiger partial charge in [-0.3, -0.25) is 9.78 Å². The van der Waals surface area contributed by atoms with Crippen molar-refractivity contribution < 1.29 is 4.74 Å². The molecule has 0 spiro atoms. The summed E-state index contributed by atoms with van der Waals surface area (Å²) in [4.78, 5) is 23.4. The Morgan fingerprint density at radius 1 is 1.21 bits per heavy atom. The Hall–Kier alpha value is -2.69. The van der Waals surface area contributed by atoms with E-state index < -0.39 is 0 Å². The zero-order valence-electron chi connectivity index (χ0n) is 10.3. The average molecular weight is 253 g/mol. The first-order chi connectivity index (χ1) is 9.29. The first-order valence-corrected chi connectivity index (χ1v) is 5.77. The lowest BCUT2D eigenvalue weighted by Gasteiger charge is -2.06. The Balaban J connectivity index is 2.30. The molecule has 5 heteroatoms. The van der Waals surface area contributed by atoms with Crippen LogP contribution in [0.5, 0.6) is 5.75 Å². The molecule has 0 unspecified atom stereocenters. The summed E-state index contributed by atoms with van der Waals surface area (Å²) in [6.45, 7) is 0. The number of hydrogen-bond acceptors (Lipinski definition) is 4. The molecule has 0 saturated carbocycles. The van der Waals surface area contributed by atoms with Gasteiger partial charge in [0.2, 0.25) is 0 Å². The van der Waals surface area contributed by atoms with Crippen LogP contribution in [0, 0.1) is 0 Å². The fraction of sp³-hybridized carbons (Fsp3) is 0.0714. The van der Waals surface area contributed by atoms with Gasteiger partial charge >= 0.3 is 0 Å². The number of aromatic amines is 1. The molecule has 94 valence electrons. The van der Waals surface area contributed by atoms with Crippen molar-refractivity contribution in [1.29, 1.82) is 0 Å². The Kier molecular flexibility index (Phi) is 2.72. The lowest BCUT2D eigenvalue weighted by atomic mass is 10.2. The van der Waals surface area contributed by atoms with E-state index in [9.17, 15) is 4.79 Å². The van der Waals surface area contributed by atoms with E-state index in [0.717, 1.165) is 5.56 Å². The van der Waals surface area contributed by atoms with E-state index in [0.29, 0.717) is 22.5 Å². The summed E-state index contributed by atoms with van der Waals surface area (Å²) in [5, 5.41) is 0.456. The summed E-state index contributed by atoms with van der Waals surface area (Å²) >= 11 is 0. The number of rotatable bonds is 2. The van der Waals surface area contributed by atoms with E-state index in [1.165, 1.54) is 7.11 Å². The third-order valence-corrected chi connectivity index (χ3v) is 2.85. The van der Waals surface area contributed by atoms with Crippen LogP contribution in [0.1, 0.15) is 0 Å². The van der Waals surface area contributed by atoms with Crippen LogP contribution in [0.25, 0.3) is 22.3 Å². The maximum atomic E-state index is 12.2. The van der Waals surface area contributed by atoms with Gasteiger partial charge in [-0.2, -0.15) is 0 Å². The smallest absolute Gasteiger partial charge is 0.262 e. The maximum absolute atomic E-state index is 12.2. The number of H-pyrrole nitrogens is 1. The van der Waals surface area contributed by atoms with Crippen LogP contribution in [0.2, 0.25) is 0 Å². The summed E-state index contributed by atoms with van der Waals surface area (Å²) in [7, 11) is 1.53. The lowest BCUT2D eigenvalue weighted by Crippen LogP contribution is -2.10. The number of pyridine rings is 1. The quantitative estimate of drug-likeness (QED) is 0.758. The highest BCUT2D eigenvalue weighted by atomic mass is 16.5. The van der Waals surface area contributed by atoms with Crippen molar-refractivity contribution in [2.45, 2.75) is 0 Å². The molecule has 0 aliphatic rings. The minimum absolute atomic E-state index is 0.221. The summed E-state index contributed by atoms with van der Waals surface area (Å²) in [5.74, 6) is 1.02. The molecule has 0 aliphatic heterocycles. The molecule has 1 N–H and O–H groups in total. The normalized spacial score (nSPS) is 10.6. The number of benzene rings is 1. The van der Waals surface area contributed by atoms with Crippen LogP contribution in [-0.2, 0) is 0 Å². The zero-order chi connectivity index (χ0) is 13.2. The zero-order valence-corrected chi connectivity index (χ0v) is 10.3. The summed E-state index contributed by atoms with van der Waals surface area (Å²) in [5.41, 5.74) is 1.15. The second-order valence-corrected chi connectivity index (χ2v) is 4.01. The van der Waals surface area contributed by atoms with E-state index in [-0.39, 0.29) is 5.56 Å². The molecular weight excluding hydrogens is 242 g/mol. The van der Waals surface area contributed by atoms with Gasteiger partial charge in [0.25, 0.3) is 5.56 Å².